The van der Waals surface area contributed by atoms with Gasteiger partial charge in [-0.25, -0.2) is 4.57 Å². The van der Waals surface area contributed by atoms with Crippen molar-refractivity contribution >= 4 is 19.8 Å². The predicted octanol–water partition coefficient (Wildman–Crippen LogP) is 5.92. The van der Waals surface area contributed by atoms with Crippen molar-refractivity contribution in [3.05, 3.63) is 36.5 Å². The molecule has 0 radical (unpaired) electrons. The van der Waals surface area contributed by atoms with Crippen molar-refractivity contribution in [3.8, 4) is 0 Å². The van der Waals surface area contributed by atoms with E-state index in [0.717, 1.165) is 51.4 Å². The van der Waals surface area contributed by atoms with Crippen LogP contribution in [0, 0.1) is 0 Å². The zero-order valence-electron chi connectivity index (χ0n) is 22.7. The number of ether oxygens (including phenoxy) is 2. The smallest absolute Gasteiger partial charge is 0.462 e. The molecule has 0 fully saturated rings. The van der Waals surface area contributed by atoms with E-state index in [9.17, 15) is 19.0 Å². The zero-order valence-corrected chi connectivity index (χ0v) is 23.6. The summed E-state index contributed by atoms with van der Waals surface area (Å²) in [5.41, 5.74) is 5.26. The van der Waals surface area contributed by atoms with Gasteiger partial charge in [-0.15, -0.1) is 0 Å². The third kappa shape index (κ3) is 24.3. The largest absolute Gasteiger partial charge is 0.472 e. The minimum Gasteiger partial charge on any atom is -0.462 e. The van der Waals surface area contributed by atoms with Crippen LogP contribution >= 0.6 is 7.82 Å². The molecule has 0 aromatic rings. The number of hydrogen-bond acceptors (Lipinski definition) is 8. The Kier molecular flexibility index (Phi) is 23.4. The third-order valence-electron chi connectivity index (χ3n) is 5.04. The number of esters is 2. The Morgan fingerprint density at radius 1 is 0.838 bits per heavy atom. The van der Waals surface area contributed by atoms with E-state index in [-0.39, 0.29) is 32.6 Å². The van der Waals surface area contributed by atoms with E-state index in [1.807, 2.05) is 6.92 Å². The molecule has 0 amide bonds. The fourth-order valence-electron chi connectivity index (χ4n) is 3.06. The average molecular weight is 546 g/mol. The Labute approximate surface area is 223 Å². The molecule has 0 spiro atoms. The van der Waals surface area contributed by atoms with Gasteiger partial charge in [0.15, 0.2) is 6.10 Å². The molecule has 9 nitrogen and oxygen atoms in total. The highest BCUT2D eigenvalue weighted by molar-refractivity contribution is 7.47. The molecule has 37 heavy (non-hydrogen) atoms. The zero-order chi connectivity index (χ0) is 27.6. The molecule has 0 saturated heterocycles. The van der Waals surface area contributed by atoms with Gasteiger partial charge in [0, 0.05) is 19.4 Å². The SMILES string of the molecule is CC/C=C\C/C=C\C/C=C\CCCCCC(=O)OC(COC(=O)CCCCC)COP(=O)(O)OCCN. The normalized spacial score (nSPS) is 14.4. The summed E-state index contributed by atoms with van der Waals surface area (Å²) in [4.78, 5) is 33.9. The standard InChI is InChI=1S/C27H48NO8P/c1-3-5-7-8-9-10-11-12-13-14-15-16-18-20-27(30)36-25(23-33-26(29)19-17-6-4-2)24-35-37(31,32)34-22-21-28/h5,7,9-10,12-13,25H,3-4,6,8,11,14-24,28H2,1-2H3,(H,31,32)/b7-5-,10-9-,13-12-. The van der Waals surface area contributed by atoms with E-state index in [2.05, 4.69) is 47.9 Å². The Morgan fingerprint density at radius 3 is 2.16 bits per heavy atom. The number of hydrogen-bond donors (Lipinski definition) is 2. The highest BCUT2D eigenvalue weighted by Gasteiger charge is 2.25. The molecule has 0 aliphatic carbocycles. The van der Waals surface area contributed by atoms with E-state index in [1.54, 1.807) is 0 Å². The lowest BCUT2D eigenvalue weighted by Gasteiger charge is -2.19. The Morgan fingerprint density at radius 2 is 1.49 bits per heavy atom. The fraction of sp³-hybridized carbons (Fsp3) is 0.704. The van der Waals surface area contributed by atoms with Gasteiger partial charge < -0.3 is 20.1 Å². The average Bonchev–Trinajstić information content (AvgIpc) is 2.87. The predicted molar refractivity (Wildman–Crippen MR) is 146 cm³/mol. The van der Waals surface area contributed by atoms with Crippen LogP contribution in [-0.4, -0.2) is 49.3 Å². The second-order valence-corrected chi connectivity index (χ2v) is 9.98. The van der Waals surface area contributed by atoms with Crippen LogP contribution in [0.1, 0.15) is 90.9 Å². The van der Waals surface area contributed by atoms with Gasteiger partial charge in [0.1, 0.15) is 6.61 Å². The van der Waals surface area contributed by atoms with Crippen LogP contribution in [0.2, 0.25) is 0 Å². The summed E-state index contributed by atoms with van der Waals surface area (Å²) in [7, 11) is -4.35. The first-order valence-corrected chi connectivity index (χ1v) is 15.0. The number of phosphoric ester groups is 1. The molecule has 0 aromatic heterocycles. The topological polar surface area (TPSA) is 134 Å². The number of allylic oxidation sites excluding steroid dienone is 6. The maximum atomic E-state index is 12.3. The summed E-state index contributed by atoms with van der Waals surface area (Å²) in [6.07, 6.45) is 21.3. The van der Waals surface area contributed by atoms with Gasteiger partial charge in [-0.2, -0.15) is 0 Å². The summed E-state index contributed by atoms with van der Waals surface area (Å²) < 4.78 is 32.0. The summed E-state index contributed by atoms with van der Waals surface area (Å²) in [6, 6.07) is 0. The number of rotatable bonds is 24. The van der Waals surface area contributed by atoms with E-state index in [1.165, 1.54) is 0 Å². The second-order valence-electron chi connectivity index (χ2n) is 8.53. The van der Waals surface area contributed by atoms with Gasteiger partial charge in [-0.3, -0.25) is 18.6 Å². The van der Waals surface area contributed by atoms with Gasteiger partial charge in [-0.1, -0.05) is 69.6 Å². The quantitative estimate of drug-likeness (QED) is 0.0655. The lowest BCUT2D eigenvalue weighted by atomic mass is 10.1. The van der Waals surface area contributed by atoms with Crippen molar-refractivity contribution in [1.82, 2.24) is 0 Å². The van der Waals surface area contributed by atoms with Crippen molar-refractivity contribution in [3.63, 3.8) is 0 Å². The van der Waals surface area contributed by atoms with E-state index < -0.39 is 32.5 Å². The van der Waals surface area contributed by atoms with Crippen molar-refractivity contribution in [2.75, 3.05) is 26.4 Å². The molecular weight excluding hydrogens is 497 g/mol. The maximum Gasteiger partial charge on any atom is 0.472 e. The van der Waals surface area contributed by atoms with Gasteiger partial charge in [0.05, 0.1) is 13.2 Å². The lowest BCUT2D eigenvalue weighted by molar-refractivity contribution is -0.161. The van der Waals surface area contributed by atoms with Crippen LogP contribution in [0.4, 0.5) is 0 Å². The van der Waals surface area contributed by atoms with Crippen molar-refractivity contribution in [2.45, 2.75) is 97.0 Å². The molecule has 0 heterocycles. The first kappa shape index (κ1) is 35.2. The second kappa shape index (κ2) is 24.6. The minimum atomic E-state index is -4.35. The fourth-order valence-corrected chi connectivity index (χ4v) is 3.82. The molecule has 2 unspecified atom stereocenters. The molecule has 0 saturated carbocycles. The van der Waals surface area contributed by atoms with Gasteiger partial charge in [0.2, 0.25) is 0 Å². The summed E-state index contributed by atoms with van der Waals surface area (Å²) >= 11 is 0. The third-order valence-corrected chi connectivity index (χ3v) is 6.02. The Bertz CT molecular complexity index is 723. The van der Waals surface area contributed by atoms with Crippen LogP contribution < -0.4 is 5.73 Å². The highest BCUT2D eigenvalue weighted by atomic mass is 31.2. The molecule has 2 atom stereocenters. The summed E-state index contributed by atoms with van der Waals surface area (Å²) in [6.45, 7) is 3.33. The first-order valence-electron chi connectivity index (χ1n) is 13.5. The van der Waals surface area contributed by atoms with Crippen LogP contribution in [0.5, 0.6) is 0 Å². The van der Waals surface area contributed by atoms with E-state index in [0.29, 0.717) is 12.8 Å². The molecule has 0 bridgehead atoms. The van der Waals surface area contributed by atoms with Gasteiger partial charge >= 0.3 is 19.8 Å². The lowest BCUT2D eigenvalue weighted by Crippen LogP contribution is -2.29. The monoisotopic (exact) mass is 545 g/mol. The first-order chi connectivity index (χ1) is 17.8. The van der Waals surface area contributed by atoms with Gasteiger partial charge in [0.25, 0.3) is 0 Å². The molecule has 10 heteroatoms. The highest BCUT2D eigenvalue weighted by Crippen LogP contribution is 2.43. The number of phosphoric acid groups is 1. The number of carbonyl (C=O) groups excluding carboxylic acids is 2. The Balaban J connectivity index is 4.35. The number of unbranched alkanes of at least 4 members (excludes halogenated alkanes) is 5. The number of nitrogens with two attached hydrogens (primary N) is 1. The van der Waals surface area contributed by atoms with Gasteiger partial charge in [-0.05, 0) is 44.9 Å². The van der Waals surface area contributed by atoms with E-state index >= 15 is 0 Å². The maximum absolute atomic E-state index is 12.3. The molecule has 0 rings (SSSR count). The Hall–Kier alpha value is -1.77. The van der Waals surface area contributed by atoms with Crippen LogP contribution in [0.15, 0.2) is 36.5 Å². The van der Waals surface area contributed by atoms with Crippen LogP contribution in [0.3, 0.4) is 0 Å². The van der Waals surface area contributed by atoms with Crippen molar-refractivity contribution in [2.24, 2.45) is 5.73 Å². The van der Waals surface area contributed by atoms with E-state index in [4.69, 9.17) is 19.7 Å². The summed E-state index contributed by atoms with van der Waals surface area (Å²) in [5, 5.41) is 0. The number of carbonyl (C=O) groups is 2. The molecule has 3 N–H and O–H groups in total. The van der Waals surface area contributed by atoms with Crippen LogP contribution in [-0.2, 0) is 32.7 Å². The molecule has 0 aliphatic heterocycles. The molecule has 0 aliphatic rings. The minimum absolute atomic E-state index is 0.0471. The molecular formula is C27H48NO8P. The molecule has 214 valence electrons. The van der Waals surface area contributed by atoms with Crippen LogP contribution in [0.25, 0.3) is 0 Å². The van der Waals surface area contributed by atoms with Crippen molar-refractivity contribution in [1.29, 1.82) is 0 Å². The molecule has 0 aromatic carbocycles. The van der Waals surface area contributed by atoms with Crippen molar-refractivity contribution < 1.29 is 37.6 Å². The summed E-state index contributed by atoms with van der Waals surface area (Å²) in [5.74, 6) is -0.901.